The van der Waals surface area contributed by atoms with E-state index in [1.54, 1.807) is 13.8 Å². The molecule has 1 aliphatic rings. The maximum absolute atomic E-state index is 9.59. The lowest BCUT2D eigenvalue weighted by Crippen LogP contribution is -2.36. The third-order valence-electron chi connectivity index (χ3n) is 2.50. The summed E-state index contributed by atoms with van der Waals surface area (Å²) in [5.41, 5.74) is -0.653. The van der Waals surface area contributed by atoms with E-state index in [1.807, 2.05) is 12.4 Å². The molecule has 0 saturated carbocycles. The van der Waals surface area contributed by atoms with Crippen LogP contribution < -0.4 is 5.32 Å². The fraction of sp³-hybridized carbons (Fsp3) is 0.700. The number of imidazole rings is 1. The van der Waals surface area contributed by atoms with Crippen LogP contribution in [0.25, 0.3) is 0 Å². The van der Waals surface area contributed by atoms with Crippen LogP contribution in [0.4, 0.5) is 0 Å². The molecule has 0 aliphatic carbocycles. The molecule has 0 fully saturated rings. The van der Waals surface area contributed by atoms with E-state index in [1.165, 1.54) is 0 Å². The van der Waals surface area contributed by atoms with Gasteiger partial charge >= 0.3 is 0 Å². The summed E-state index contributed by atoms with van der Waals surface area (Å²) in [6, 6.07) is 0.302. The quantitative estimate of drug-likeness (QED) is 0.746. The monoisotopic (exact) mass is 195 g/mol. The molecule has 4 heteroatoms. The molecule has 2 rings (SSSR count). The standard InChI is InChI=1S/C10H17N3O/c1-10(2,14)7-12-8-3-5-13-6-4-11-9(8)13/h4,6,8,12,14H,3,5,7H2,1-2H3. The topological polar surface area (TPSA) is 50.1 Å². The summed E-state index contributed by atoms with van der Waals surface area (Å²) in [6.07, 6.45) is 4.90. The van der Waals surface area contributed by atoms with Crippen LogP contribution in [0.5, 0.6) is 0 Å². The van der Waals surface area contributed by atoms with Crippen molar-refractivity contribution in [3.8, 4) is 0 Å². The molecular formula is C10H17N3O. The average molecular weight is 195 g/mol. The maximum Gasteiger partial charge on any atom is 0.125 e. The van der Waals surface area contributed by atoms with E-state index in [9.17, 15) is 5.11 Å². The van der Waals surface area contributed by atoms with Gasteiger partial charge in [-0.25, -0.2) is 4.98 Å². The van der Waals surface area contributed by atoms with Gasteiger partial charge in [-0.2, -0.15) is 0 Å². The molecule has 1 aromatic heterocycles. The number of hydrogen-bond acceptors (Lipinski definition) is 3. The predicted octanol–water partition coefficient (Wildman–Crippen LogP) is 0.688. The van der Waals surface area contributed by atoms with Crippen molar-refractivity contribution in [1.29, 1.82) is 0 Å². The third-order valence-corrected chi connectivity index (χ3v) is 2.50. The van der Waals surface area contributed by atoms with Crippen LogP contribution in [-0.2, 0) is 6.54 Å². The zero-order chi connectivity index (χ0) is 10.2. The van der Waals surface area contributed by atoms with E-state index in [0.717, 1.165) is 18.8 Å². The van der Waals surface area contributed by atoms with Crippen molar-refractivity contribution in [2.75, 3.05) is 6.54 Å². The number of aryl methyl sites for hydroxylation is 1. The number of nitrogens with one attached hydrogen (secondary N) is 1. The number of aromatic nitrogens is 2. The summed E-state index contributed by atoms with van der Waals surface area (Å²) in [6.45, 7) is 5.24. The summed E-state index contributed by atoms with van der Waals surface area (Å²) in [4.78, 5) is 4.30. The second kappa shape index (κ2) is 3.37. The Morgan fingerprint density at radius 2 is 2.50 bits per heavy atom. The second-order valence-corrected chi connectivity index (χ2v) is 4.51. The highest BCUT2D eigenvalue weighted by Crippen LogP contribution is 2.23. The predicted molar refractivity (Wildman–Crippen MR) is 53.9 cm³/mol. The minimum atomic E-state index is -0.653. The van der Waals surface area contributed by atoms with E-state index in [0.29, 0.717) is 12.6 Å². The minimum Gasteiger partial charge on any atom is -0.389 e. The highest BCUT2D eigenvalue weighted by atomic mass is 16.3. The van der Waals surface area contributed by atoms with Gasteiger partial charge in [0, 0.05) is 25.5 Å². The van der Waals surface area contributed by atoms with Gasteiger partial charge in [0.15, 0.2) is 0 Å². The molecule has 0 spiro atoms. The molecular weight excluding hydrogens is 178 g/mol. The lowest BCUT2D eigenvalue weighted by atomic mass is 10.1. The van der Waals surface area contributed by atoms with Crippen LogP contribution in [0.2, 0.25) is 0 Å². The molecule has 1 atom stereocenters. The number of fused-ring (bicyclic) bond motifs is 1. The van der Waals surface area contributed by atoms with Gasteiger partial charge in [-0.05, 0) is 20.3 Å². The molecule has 1 unspecified atom stereocenters. The van der Waals surface area contributed by atoms with Crippen molar-refractivity contribution in [3.05, 3.63) is 18.2 Å². The number of hydrogen-bond donors (Lipinski definition) is 2. The Hall–Kier alpha value is -0.870. The van der Waals surface area contributed by atoms with Crippen LogP contribution in [-0.4, -0.2) is 26.8 Å². The first-order valence-electron chi connectivity index (χ1n) is 5.03. The molecule has 0 saturated heterocycles. The molecule has 0 radical (unpaired) electrons. The van der Waals surface area contributed by atoms with Crippen molar-refractivity contribution in [1.82, 2.24) is 14.9 Å². The van der Waals surface area contributed by atoms with Gasteiger partial charge in [-0.15, -0.1) is 0 Å². The summed E-state index contributed by atoms with van der Waals surface area (Å²) in [7, 11) is 0. The van der Waals surface area contributed by atoms with Gasteiger partial charge in [0.05, 0.1) is 11.6 Å². The van der Waals surface area contributed by atoms with Gasteiger partial charge in [-0.1, -0.05) is 0 Å². The molecule has 14 heavy (non-hydrogen) atoms. The third kappa shape index (κ3) is 1.96. The van der Waals surface area contributed by atoms with Gasteiger partial charge in [0.2, 0.25) is 0 Å². The molecule has 2 N–H and O–H groups in total. The Labute approximate surface area is 84.0 Å². The van der Waals surface area contributed by atoms with Crippen LogP contribution in [0.3, 0.4) is 0 Å². The van der Waals surface area contributed by atoms with E-state index < -0.39 is 5.60 Å². The normalized spacial score (nSPS) is 21.2. The maximum atomic E-state index is 9.59. The van der Waals surface area contributed by atoms with E-state index in [2.05, 4.69) is 14.9 Å². The molecule has 2 heterocycles. The summed E-state index contributed by atoms with van der Waals surface area (Å²) >= 11 is 0. The lowest BCUT2D eigenvalue weighted by Gasteiger charge is -2.20. The average Bonchev–Trinajstić information content (AvgIpc) is 2.59. The summed E-state index contributed by atoms with van der Waals surface area (Å²) in [5.74, 6) is 1.09. The van der Waals surface area contributed by atoms with Crippen LogP contribution in [0, 0.1) is 0 Å². The Kier molecular flexibility index (Phi) is 2.33. The van der Waals surface area contributed by atoms with Crippen LogP contribution in [0.1, 0.15) is 32.1 Å². The Bertz CT molecular complexity index is 313. The largest absolute Gasteiger partial charge is 0.389 e. The smallest absolute Gasteiger partial charge is 0.125 e. The molecule has 1 aliphatic heterocycles. The molecule has 0 aromatic carbocycles. The highest BCUT2D eigenvalue weighted by Gasteiger charge is 2.24. The van der Waals surface area contributed by atoms with Crippen molar-refractivity contribution in [3.63, 3.8) is 0 Å². The molecule has 0 bridgehead atoms. The van der Waals surface area contributed by atoms with Crippen molar-refractivity contribution in [2.24, 2.45) is 0 Å². The number of nitrogens with zero attached hydrogens (tertiary/aromatic N) is 2. The minimum absolute atomic E-state index is 0.302. The Morgan fingerprint density at radius 3 is 3.21 bits per heavy atom. The molecule has 4 nitrogen and oxygen atoms in total. The van der Waals surface area contributed by atoms with Gasteiger partial charge < -0.3 is 15.0 Å². The zero-order valence-corrected chi connectivity index (χ0v) is 8.70. The SMILES string of the molecule is CC(C)(O)CNC1CCn2ccnc21. The van der Waals surface area contributed by atoms with Crippen molar-refractivity contribution in [2.45, 2.75) is 38.5 Å². The molecule has 78 valence electrons. The summed E-state index contributed by atoms with van der Waals surface area (Å²) in [5, 5.41) is 12.9. The van der Waals surface area contributed by atoms with Crippen molar-refractivity contribution < 1.29 is 5.11 Å². The van der Waals surface area contributed by atoms with Gasteiger partial charge in [0.25, 0.3) is 0 Å². The zero-order valence-electron chi connectivity index (χ0n) is 8.70. The first-order valence-corrected chi connectivity index (χ1v) is 5.03. The summed E-state index contributed by atoms with van der Waals surface area (Å²) < 4.78 is 2.15. The Balaban J connectivity index is 1.96. The molecule has 0 amide bonds. The first-order chi connectivity index (χ1) is 6.56. The number of rotatable bonds is 3. The number of aliphatic hydroxyl groups is 1. The van der Waals surface area contributed by atoms with Crippen molar-refractivity contribution >= 4 is 0 Å². The Morgan fingerprint density at radius 1 is 1.71 bits per heavy atom. The van der Waals surface area contributed by atoms with Crippen LogP contribution in [0.15, 0.2) is 12.4 Å². The van der Waals surface area contributed by atoms with Gasteiger partial charge in [0.1, 0.15) is 5.82 Å². The van der Waals surface area contributed by atoms with E-state index in [-0.39, 0.29) is 0 Å². The first kappa shape index (κ1) is 9.68. The fourth-order valence-electron chi connectivity index (χ4n) is 1.78. The second-order valence-electron chi connectivity index (χ2n) is 4.51. The molecule has 1 aromatic rings. The van der Waals surface area contributed by atoms with E-state index >= 15 is 0 Å². The fourth-order valence-corrected chi connectivity index (χ4v) is 1.78. The van der Waals surface area contributed by atoms with Gasteiger partial charge in [-0.3, -0.25) is 0 Å². The lowest BCUT2D eigenvalue weighted by molar-refractivity contribution is 0.0763. The van der Waals surface area contributed by atoms with E-state index in [4.69, 9.17) is 0 Å². The van der Waals surface area contributed by atoms with Crippen LogP contribution >= 0.6 is 0 Å². The highest BCUT2D eigenvalue weighted by molar-refractivity contribution is 5.04.